The highest BCUT2D eigenvalue weighted by molar-refractivity contribution is 7.92. The first kappa shape index (κ1) is 20.1. The monoisotopic (exact) mass is 358 g/mol. The molecule has 0 bridgehead atoms. The number of anilines is 1. The van der Waals surface area contributed by atoms with Crippen LogP contribution in [0.4, 0.5) is 5.69 Å². The van der Waals surface area contributed by atoms with Crippen molar-refractivity contribution in [1.82, 2.24) is 4.90 Å². The molecule has 8 heteroatoms. The third kappa shape index (κ3) is 5.02. The van der Waals surface area contributed by atoms with E-state index in [1.54, 1.807) is 23.1 Å². The van der Waals surface area contributed by atoms with Gasteiger partial charge in [0.1, 0.15) is 11.5 Å². The van der Waals surface area contributed by atoms with Crippen LogP contribution in [0, 0.1) is 0 Å². The second-order valence-corrected chi connectivity index (χ2v) is 7.10. The third-order valence-electron chi connectivity index (χ3n) is 3.70. The molecule has 0 saturated heterocycles. The van der Waals surface area contributed by atoms with Crippen molar-refractivity contribution in [3.05, 3.63) is 18.2 Å². The zero-order valence-electron chi connectivity index (χ0n) is 14.9. The zero-order chi connectivity index (χ0) is 18.3. The number of benzene rings is 1. The first-order chi connectivity index (χ1) is 11.3. The van der Waals surface area contributed by atoms with Gasteiger partial charge < -0.3 is 14.4 Å². The van der Waals surface area contributed by atoms with Crippen LogP contribution in [0.25, 0.3) is 0 Å². The normalized spacial score (nSPS) is 11.0. The molecule has 24 heavy (non-hydrogen) atoms. The highest BCUT2D eigenvalue weighted by Crippen LogP contribution is 2.33. The fourth-order valence-corrected chi connectivity index (χ4v) is 3.32. The number of carbonyl (C=O) groups is 1. The van der Waals surface area contributed by atoms with Crippen molar-refractivity contribution in [1.29, 1.82) is 0 Å². The van der Waals surface area contributed by atoms with E-state index in [2.05, 4.69) is 0 Å². The van der Waals surface area contributed by atoms with Crippen molar-refractivity contribution < 1.29 is 22.7 Å². The van der Waals surface area contributed by atoms with Gasteiger partial charge in [0.05, 0.1) is 26.2 Å². The Morgan fingerprint density at radius 2 is 1.75 bits per heavy atom. The number of carbonyl (C=O) groups excluding carboxylic acids is 1. The summed E-state index contributed by atoms with van der Waals surface area (Å²) in [6.07, 6.45) is 1.21. The number of hydrogen-bond donors (Lipinski definition) is 0. The van der Waals surface area contributed by atoms with E-state index < -0.39 is 10.0 Å². The summed E-state index contributed by atoms with van der Waals surface area (Å²) >= 11 is 0. The predicted molar refractivity (Wildman–Crippen MR) is 94.3 cm³/mol. The maximum atomic E-state index is 12.2. The Kier molecular flexibility index (Phi) is 7.34. The Bertz CT molecular complexity index is 656. The summed E-state index contributed by atoms with van der Waals surface area (Å²) in [6.45, 7) is 5.03. The summed E-state index contributed by atoms with van der Waals surface area (Å²) < 4.78 is 36.0. The van der Waals surface area contributed by atoms with Crippen LogP contribution in [0.15, 0.2) is 18.2 Å². The number of rotatable bonds is 9. The highest BCUT2D eigenvalue weighted by atomic mass is 32.2. The first-order valence-corrected chi connectivity index (χ1v) is 9.60. The maximum Gasteiger partial charge on any atom is 0.232 e. The molecular weight excluding hydrogens is 332 g/mol. The number of hydrogen-bond acceptors (Lipinski definition) is 5. The van der Waals surface area contributed by atoms with Gasteiger partial charge in [-0.2, -0.15) is 0 Å². The Labute approximate surface area is 144 Å². The quantitative estimate of drug-likeness (QED) is 0.672. The van der Waals surface area contributed by atoms with Crippen molar-refractivity contribution in [2.75, 3.05) is 44.4 Å². The third-order valence-corrected chi connectivity index (χ3v) is 4.88. The van der Waals surface area contributed by atoms with E-state index in [9.17, 15) is 13.2 Å². The molecule has 0 aliphatic carbocycles. The average Bonchev–Trinajstić information content (AvgIpc) is 2.55. The van der Waals surface area contributed by atoms with Crippen LogP contribution in [-0.4, -0.2) is 59.3 Å². The molecule has 0 heterocycles. The lowest BCUT2D eigenvalue weighted by Gasteiger charge is -2.26. The van der Waals surface area contributed by atoms with Gasteiger partial charge in [0.15, 0.2) is 0 Å². The lowest BCUT2D eigenvalue weighted by molar-refractivity contribution is -0.130. The molecule has 0 fully saturated rings. The van der Waals surface area contributed by atoms with Gasteiger partial charge in [-0.25, -0.2) is 8.42 Å². The molecule has 0 atom stereocenters. The number of sulfonamides is 1. The number of nitrogens with zero attached hydrogens (tertiary/aromatic N) is 2. The summed E-state index contributed by atoms with van der Waals surface area (Å²) in [5, 5.41) is 0. The Hall–Kier alpha value is -1.96. The van der Waals surface area contributed by atoms with Crippen LogP contribution in [0.5, 0.6) is 11.5 Å². The van der Waals surface area contributed by atoms with Crippen LogP contribution in [0.1, 0.15) is 20.3 Å². The molecule has 0 radical (unpaired) electrons. The maximum absolute atomic E-state index is 12.2. The van der Waals surface area contributed by atoms with E-state index in [1.165, 1.54) is 18.5 Å². The summed E-state index contributed by atoms with van der Waals surface area (Å²) in [7, 11) is -0.586. The van der Waals surface area contributed by atoms with Crippen molar-refractivity contribution in [3.8, 4) is 11.5 Å². The minimum absolute atomic E-state index is 0.0524. The second kappa shape index (κ2) is 8.77. The van der Waals surface area contributed by atoms with Crippen LogP contribution in [0.3, 0.4) is 0 Å². The minimum Gasteiger partial charge on any atom is -0.497 e. The molecule has 0 unspecified atom stereocenters. The standard InChI is InChI=1S/C16H26N2O5S/c1-6-17(7-2)16(19)10-11-18(24(5,20)21)14-9-8-13(22-3)12-15(14)23-4/h8-9,12H,6-7,10-11H2,1-5H3. The van der Waals surface area contributed by atoms with Gasteiger partial charge >= 0.3 is 0 Å². The topological polar surface area (TPSA) is 76.2 Å². The zero-order valence-corrected chi connectivity index (χ0v) is 15.7. The highest BCUT2D eigenvalue weighted by Gasteiger charge is 2.23. The Balaban J connectivity index is 3.10. The van der Waals surface area contributed by atoms with E-state index in [0.717, 1.165) is 6.26 Å². The molecule has 1 rings (SSSR count). The van der Waals surface area contributed by atoms with Gasteiger partial charge in [0, 0.05) is 32.1 Å². The minimum atomic E-state index is -3.56. The van der Waals surface area contributed by atoms with Crippen LogP contribution >= 0.6 is 0 Å². The molecule has 1 amide bonds. The van der Waals surface area contributed by atoms with E-state index in [1.807, 2.05) is 13.8 Å². The fourth-order valence-electron chi connectivity index (χ4n) is 2.39. The lowest BCUT2D eigenvalue weighted by Crippen LogP contribution is -2.36. The number of ether oxygens (including phenoxy) is 2. The molecule has 0 spiro atoms. The van der Waals surface area contributed by atoms with E-state index in [0.29, 0.717) is 30.3 Å². The molecule has 0 aliphatic heterocycles. The van der Waals surface area contributed by atoms with Gasteiger partial charge in [0.25, 0.3) is 0 Å². The van der Waals surface area contributed by atoms with Crippen molar-refractivity contribution in [3.63, 3.8) is 0 Å². The molecule has 0 aliphatic rings. The molecule has 1 aromatic rings. The largest absolute Gasteiger partial charge is 0.497 e. The van der Waals surface area contributed by atoms with E-state index in [-0.39, 0.29) is 18.9 Å². The van der Waals surface area contributed by atoms with Crippen LogP contribution in [-0.2, 0) is 14.8 Å². The number of amides is 1. The molecular formula is C16H26N2O5S. The van der Waals surface area contributed by atoms with Crippen molar-refractivity contribution in [2.24, 2.45) is 0 Å². The molecule has 7 nitrogen and oxygen atoms in total. The molecule has 0 N–H and O–H groups in total. The van der Waals surface area contributed by atoms with Gasteiger partial charge in [0.2, 0.25) is 15.9 Å². The van der Waals surface area contributed by atoms with Gasteiger partial charge in [-0.3, -0.25) is 9.10 Å². The van der Waals surface area contributed by atoms with Crippen LogP contribution in [0.2, 0.25) is 0 Å². The summed E-state index contributed by atoms with van der Waals surface area (Å²) in [5.74, 6) is 0.847. The van der Waals surface area contributed by atoms with E-state index >= 15 is 0 Å². The van der Waals surface area contributed by atoms with E-state index in [4.69, 9.17) is 9.47 Å². The van der Waals surface area contributed by atoms with Gasteiger partial charge in [-0.05, 0) is 26.0 Å². The summed E-state index contributed by atoms with van der Waals surface area (Å²) in [6, 6.07) is 4.88. The first-order valence-electron chi connectivity index (χ1n) is 7.75. The fraction of sp³-hybridized carbons (Fsp3) is 0.562. The predicted octanol–water partition coefficient (Wildman–Crippen LogP) is 1.73. The number of methoxy groups -OCH3 is 2. The van der Waals surface area contributed by atoms with Crippen molar-refractivity contribution in [2.45, 2.75) is 20.3 Å². The Morgan fingerprint density at radius 1 is 1.12 bits per heavy atom. The molecule has 0 saturated carbocycles. The average molecular weight is 358 g/mol. The van der Waals surface area contributed by atoms with Gasteiger partial charge in [-0.1, -0.05) is 0 Å². The van der Waals surface area contributed by atoms with Gasteiger partial charge in [-0.15, -0.1) is 0 Å². The summed E-state index contributed by atoms with van der Waals surface area (Å²) in [4.78, 5) is 13.8. The molecule has 1 aromatic carbocycles. The summed E-state index contributed by atoms with van der Waals surface area (Å²) in [5.41, 5.74) is 0.383. The lowest BCUT2D eigenvalue weighted by atomic mass is 10.2. The second-order valence-electron chi connectivity index (χ2n) is 5.19. The van der Waals surface area contributed by atoms with Crippen LogP contribution < -0.4 is 13.8 Å². The smallest absolute Gasteiger partial charge is 0.232 e. The SMILES string of the molecule is CCN(CC)C(=O)CCN(c1ccc(OC)cc1OC)S(C)(=O)=O. The molecule has 136 valence electrons. The Morgan fingerprint density at radius 3 is 2.21 bits per heavy atom. The van der Waals surface area contributed by atoms with Crippen molar-refractivity contribution >= 4 is 21.6 Å². The molecule has 0 aromatic heterocycles.